The van der Waals surface area contributed by atoms with Gasteiger partial charge in [-0.15, -0.1) is 0 Å². The van der Waals surface area contributed by atoms with Crippen LogP contribution in [-0.2, 0) is 4.79 Å². The van der Waals surface area contributed by atoms with E-state index in [9.17, 15) is 9.59 Å². The van der Waals surface area contributed by atoms with Crippen LogP contribution in [0.2, 0.25) is 0 Å². The molecule has 0 unspecified atom stereocenters. The lowest BCUT2D eigenvalue weighted by atomic mass is 10.0. The zero-order chi connectivity index (χ0) is 12.4. The highest BCUT2D eigenvalue weighted by atomic mass is 16.1. The van der Waals surface area contributed by atoms with Gasteiger partial charge in [-0.25, -0.2) is 0 Å². The van der Waals surface area contributed by atoms with Crippen molar-refractivity contribution in [1.82, 2.24) is 0 Å². The van der Waals surface area contributed by atoms with E-state index in [4.69, 9.17) is 0 Å². The molecule has 0 atom stereocenters. The van der Waals surface area contributed by atoms with Crippen LogP contribution in [0, 0.1) is 0 Å². The third kappa shape index (κ3) is 2.33. The highest BCUT2D eigenvalue weighted by molar-refractivity contribution is 6.08. The van der Waals surface area contributed by atoms with Crippen molar-refractivity contribution in [1.29, 1.82) is 0 Å². The number of anilines is 1. The van der Waals surface area contributed by atoms with Crippen molar-refractivity contribution in [2.45, 2.75) is 13.8 Å². The molecule has 0 spiro atoms. The highest BCUT2D eigenvalue weighted by Gasteiger charge is 2.06. The molecule has 3 heteroatoms. The Balaban J connectivity index is 2.61. The molecule has 1 amide bonds. The normalized spacial score (nSPS) is 10.2. The summed E-state index contributed by atoms with van der Waals surface area (Å²) in [6.45, 7) is 3.00. The van der Waals surface area contributed by atoms with Gasteiger partial charge < -0.3 is 5.32 Å². The fourth-order valence-corrected chi connectivity index (χ4v) is 1.86. The second kappa shape index (κ2) is 4.37. The molecule has 0 saturated heterocycles. The number of Topliss-reactive ketones (excluding diaryl/α,β-unsaturated/α-hetero) is 1. The molecule has 0 aliphatic heterocycles. The summed E-state index contributed by atoms with van der Waals surface area (Å²) >= 11 is 0. The van der Waals surface area contributed by atoms with Crippen LogP contribution in [0.25, 0.3) is 10.8 Å². The van der Waals surface area contributed by atoms with Gasteiger partial charge in [-0.2, -0.15) is 0 Å². The number of fused-ring (bicyclic) bond motifs is 1. The van der Waals surface area contributed by atoms with E-state index in [1.807, 2.05) is 30.3 Å². The molecule has 2 rings (SSSR count). The summed E-state index contributed by atoms with van der Waals surface area (Å²) in [7, 11) is 0. The van der Waals surface area contributed by atoms with E-state index in [0.717, 1.165) is 10.8 Å². The Kier molecular flexibility index (Phi) is 2.91. The molecular weight excluding hydrogens is 214 g/mol. The lowest BCUT2D eigenvalue weighted by Crippen LogP contribution is -2.05. The summed E-state index contributed by atoms with van der Waals surface area (Å²) in [4.78, 5) is 22.5. The van der Waals surface area contributed by atoms with Crippen molar-refractivity contribution in [3.63, 3.8) is 0 Å². The summed E-state index contributed by atoms with van der Waals surface area (Å²) in [6.07, 6.45) is 0. The molecule has 1 N–H and O–H groups in total. The maximum absolute atomic E-state index is 11.5. The molecule has 2 aromatic rings. The monoisotopic (exact) mass is 227 g/mol. The summed E-state index contributed by atoms with van der Waals surface area (Å²) < 4.78 is 0. The topological polar surface area (TPSA) is 46.2 Å². The number of carbonyl (C=O) groups is 2. The predicted molar refractivity (Wildman–Crippen MR) is 68.3 cm³/mol. The minimum atomic E-state index is -0.121. The minimum Gasteiger partial charge on any atom is -0.326 e. The Morgan fingerprint density at radius 2 is 1.82 bits per heavy atom. The van der Waals surface area contributed by atoms with E-state index in [1.54, 1.807) is 13.0 Å². The molecule has 0 radical (unpaired) electrons. The molecule has 17 heavy (non-hydrogen) atoms. The lowest BCUT2D eigenvalue weighted by molar-refractivity contribution is -0.114. The zero-order valence-corrected chi connectivity index (χ0v) is 9.78. The SMILES string of the molecule is CC(=O)Nc1ccc2cccc(C(C)=O)c2c1. The largest absolute Gasteiger partial charge is 0.326 e. The first kappa shape index (κ1) is 11.3. The van der Waals surface area contributed by atoms with Crippen LogP contribution in [0.5, 0.6) is 0 Å². The second-order valence-corrected chi connectivity index (χ2v) is 3.98. The van der Waals surface area contributed by atoms with Crippen molar-refractivity contribution in [3.8, 4) is 0 Å². The summed E-state index contributed by atoms with van der Waals surface area (Å²) in [5.74, 6) is -0.0970. The highest BCUT2D eigenvalue weighted by Crippen LogP contribution is 2.23. The Bertz CT molecular complexity index is 602. The molecule has 2 aromatic carbocycles. The molecule has 0 heterocycles. The van der Waals surface area contributed by atoms with E-state index in [1.165, 1.54) is 6.92 Å². The van der Waals surface area contributed by atoms with Gasteiger partial charge in [-0.3, -0.25) is 9.59 Å². The number of rotatable bonds is 2. The summed E-state index contributed by atoms with van der Waals surface area (Å²) in [5, 5.41) is 4.57. The van der Waals surface area contributed by atoms with E-state index in [-0.39, 0.29) is 11.7 Å². The number of amides is 1. The van der Waals surface area contributed by atoms with Crippen molar-refractivity contribution < 1.29 is 9.59 Å². The van der Waals surface area contributed by atoms with Crippen LogP contribution in [0.15, 0.2) is 36.4 Å². The van der Waals surface area contributed by atoms with Crippen LogP contribution in [0.1, 0.15) is 24.2 Å². The average Bonchev–Trinajstić information content (AvgIpc) is 2.27. The van der Waals surface area contributed by atoms with E-state index < -0.39 is 0 Å². The molecule has 0 aromatic heterocycles. The number of ketones is 1. The fraction of sp³-hybridized carbons (Fsp3) is 0.143. The lowest BCUT2D eigenvalue weighted by Gasteiger charge is -2.07. The van der Waals surface area contributed by atoms with Crippen LogP contribution in [0.4, 0.5) is 5.69 Å². The molecule has 3 nitrogen and oxygen atoms in total. The predicted octanol–water partition coefficient (Wildman–Crippen LogP) is 3.00. The molecule has 0 saturated carbocycles. The van der Waals surface area contributed by atoms with Gasteiger partial charge in [0, 0.05) is 18.2 Å². The first-order valence-corrected chi connectivity index (χ1v) is 5.39. The maximum Gasteiger partial charge on any atom is 0.221 e. The van der Waals surface area contributed by atoms with Crippen LogP contribution >= 0.6 is 0 Å². The maximum atomic E-state index is 11.5. The van der Waals surface area contributed by atoms with E-state index >= 15 is 0 Å². The Labute approximate surface area is 99.4 Å². The van der Waals surface area contributed by atoms with Gasteiger partial charge in [0.1, 0.15) is 0 Å². The number of hydrogen-bond donors (Lipinski definition) is 1. The van der Waals surface area contributed by atoms with Crippen molar-refractivity contribution in [2.24, 2.45) is 0 Å². The van der Waals surface area contributed by atoms with Gasteiger partial charge in [0.15, 0.2) is 5.78 Å². The van der Waals surface area contributed by atoms with Crippen LogP contribution in [0.3, 0.4) is 0 Å². The van der Waals surface area contributed by atoms with Gasteiger partial charge in [0.25, 0.3) is 0 Å². The smallest absolute Gasteiger partial charge is 0.221 e. The number of benzene rings is 2. The Hall–Kier alpha value is -2.16. The van der Waals surface area contributed by atoms with Crippen LogP contribution in [-0.4, -0.2) is 11.7 Å². The molecule has 0 fully saturated rings. The average molecular weight is 227 g/mol. The molecule has 0 bridgehead atoms. The first-order valence-electron chi connectivity index (χ1n) is 5.39. The van der Waals surface area contributed by atoms with Gasteiger partial charge >= 0.3 is 0 Å². The van der Waals surface area contributed by atoms with Crippen molar-refractivity contribution >= 4 is 28.2 Å². The van der Waals surface area contributed by atoms with E-state index in [2.05, 4.69) is 5.32 Å². The zero-order valence-electron chi connectivity index (χ0n) is 9.78. The molecule has 0 aliphatic carbocycles. The third-order valence-corrected chi connectivity index (χ3v) is 2.58. The van der Waals surface area contributed by atoms with Gasteiger partial charge in [-0.1, -0.05) is 24.3 Å². The van der Waals surface area contributed by atoms with Crippen LogP contribution < -0.4 is 5.32 Å². The van der Waals surface area contributed by atoms with Crippen molar-refractivity contribution in [2.75, 3.05) is 5.32 Å². The third-order valence-electron chi connectivity index (χ3n) is 2.58. The quantitative estimate of drug-likeness (QED) is 0.801. The fourth-order valence-electron chi connectivity index (χ4n) is 1.86. The number of hydrogen-bond acceptors (Lipinski definition) is 2. The molecular formula is C14H13NO2. The summed E-state index contributed by atoms with van der Waals surface area (Å²) in [6, 6.07) is 11.1. The molecule has 86 valence electrons. The van der Waals surface area contributed by atoms with E-state index in [0.29, 0.717) is 11.3 Å². The second-order valence-electron chi connectivity index (χ2n) is 3.98. The standard InChI is InChI=1S/C14H13NO2/c1-9(16)13-5-3-4-11-6-7-12(8-14(11)13)15-10(2)17/h3-8H,1-2H3,(H,15,17). The number of carbonyl (C=O) groups excluding carboxylic acids is 2. The minimum absolute atomic E-state index is 0.0237. The van der Waals surface area contributed by atoms with Gasteiger partial charge in [0.05, 0.1) is 0 Å². The Morgan fingerprint density at radius 3 is 2.47 bits per heavy atom. The van der Waals surface area contributed by atoms with Gasteiger partial charge in [-0.05, 0) is 29.8 Å². The van der Waals surface area contributed by atoms with Crippen molar-refractivity contribution in [3.05, 3.63) is 42.0 Å². The molecule has 0 aliphatic rings. The Morgan fingerprint density at radius 1 is 1.06 bits per heavy atom. The first-order chi connectivity index (χ1) is 8.08. The van der Waals surface area contributed by atoms with Gasteiger partial charge in [0.2, 0.25) is 5.91 Å². The number of nitrogens with one attached hydrogen (secondary N) is 1. The summed E-state index contributed by atoms with van der Waals surface area (Å²) in [5.41, 5.74) is 1.38.